The molecule has 0 aromatic heterocycles. The molecule has 2 aliphatic heterocycles. The third-order valence-corrected chi connectivity index (χ3v) is 8.47. The number of benzene rings is 2. The van der Waals surface area contributed by atoms with E-state index >= 15 is 0 Å². The molecule has 4 rings (SSSR count). The molecule has 2 aromatic rings. The summed E-state index contributed by atoms with van der Waals surface area (Å²) in [5, 5.41) is 9.81. The van der Waals surface area contributed by atoms with E-state index in [1.165, 1.54) is 29.2 Å². The van der Waals surface area contributed by atoms with Crippen LogP contribution in [0.25, 0.3) is 0 Å². The summed E-state index contributed by atoms with van der Waals surface area (Å²) >= 11 is 6.05. The summed E-state index contributed by atoms with van der Waals surface area (Å²) in [5.41, 5.74) is 2.57. The van der Waals surface area contributed by atoms with Crippen molar-refractivity contribution in [1.29, 1.82) is 0 Å². The Labute approximate surface area is 239 Å². The second-order valence-electron chi connectivity index (χ2n) is 11.0. The Hall–Kier alpha value is -3.23. The van der Waals surface area contributed by atoms with Gasteiger partial charge in [0.1, 0.15) is 23.8 Å². The minimum atomic E-state index is -1.02. The Balaban J connectivity index is 1.94. The quantitative estimate of drug-likeness (QED) is 0.301. The number of likely N-dealkylation sites (N-methyl/N-ethyl adjacent to an activating group) is 1. The predicted octanol–water partition coefficient (Wildman–Crippen LogP) is 6.55. The minimum absolute atomic E-state index is 0.00558. The number of likely N-dealkylation sites (tertiary alicyclic amines) is 1. The van der Waals surface area contributed by atoms with Crippen LogP contribution in [0, 0.1) is 17.6 Å². The van der Waals surface area contributed by atoms with Crippen LogP contribution >= 0.6 is 11.6 Å². The smallest absolute Gasteiger partial charge is 0.326 e. The minimum Gasteiger partial charge on any atom is -0.480 e. The molecule has 2 aromatic carbocycles. The van der Waals surface area contributed by atoms with Crippen molar-refractivity contribution in [1.82, 2.24) is 14.7 Å². The Morgan fingerprint density at radius 1 is 1.05 bits per heavy atom. The molecule has 4 unspecified atom stereocenters. The lowest BCUT2D eigenvalue weighted by molar-refractivity contribution is -0.148. The molecule has 2 saturated heterocycles. The molecule has 5 atom stereocenters. The fraction of sp³-hybridized carbons (Fsp3) is 0.419. The Morgan fingerprint density at radius 3 is 2.23 bits per heavy atom. The Bertz CT molecular complexity index is 1330. The number of hydrogen-bond donors (Lipinski definition) is 1. The van der Waals surface area contributed by atoms with Crippen LogP contribution in [-0.2, 0) is 9.59 Å². The zero-order valence-electron chi connectivity index (χ0n) is 23.4. The first-order chi connectivity index (χ1) is 18.9. The number of carboxylic acids is 1. The summed E-state index contributed by atoms with van der Waals surface area (Å²) in [6.45, 7) is 11.6. The van der Waals surface area contributed by atoms with Gasteiger partial charge in [0.25, 0.3) is 5.91 Å². The van der Waals surface area contributed by atoms with Crippen molar-refractivity contribution >= 4 is 23.5 Å². The number of rotatable bonds is 7. The number of carboxylic acid groups (broad SMARTS) is 1. The van der Waals surface area contributed by atoms with E-state index in [1.54, 1.807) is 31.2 Å². The number of hydrogen-bond acceptors (Lipinski definition) is 4. The van der Waals surface area contributed by atoms with Crippen LogP contribution in [0.4, 0.5) is 8.78 Å². The third-order valence-electron chi connectivity index (χ3n) is 8.17. The third kappa shape index (κ3) is 5.27. The van der Waals surface area contributed by atoms with Crippen molar-refractivity contribution in [3.05, 3.63) is 94.2 Å². The van der Waals surface area contributed by atoms with Crippen LogP contribution in [0.3, 0.4) is 0 Å². The molecule has 2 heterocycles. The number of amides is 1. The molecule has 2 fully saturated rings. The fourth-order valence-electron chi connectivity index (χ4n) is 6.39. The summed E-state index contributed by atoms with van der Waals surface area (Å²) in [6, 6.07) is 8.89. The van der Waals surface area contributed by atoms with E-state index in [9.17, 15) is 23.5 Å². The number of halogens is 3. The number of carbonyl (C=O) groups excluding carboxylic acids is 1. The zero-order valence-corrected chi connectivity index (χ0v) is 24.2. The molecule has 6 nitrogen and oxygen atoms in total. The van der Waals surface area contributed by atoms with Gasteiger partial charge in [0.2, 0.25) is 0 Å². The average molecular weight is 572 g/mol. The molecule has 1 N–H and O–H groups in total. The van der Waals surface area contributed by atoms with Crippen molar-refractivity contribution < 1.29 is 23.5 Å². The van der Waals surface area contributed by atoms with Gasteiger partial charge in [-0.15, -0.1) is 0 Å². The topological polar surface area (TPSA) is 64.1 Å². The molecular weight excluding hydrogens is 536 g/mol. The standard InChI is InChI=1S/C31H36ClF2N3O3/c1-7-26-35(6)28(20-9-12-22(33)13-10-20)29(21-11-14-23(32)24(34)16-21)37(26)27(17(2)3)19(5)30(38)36-18(4)8-15-25(36)31(39)40/h7,9-14,16-18,25-26,28-29H,1,8,15H2,2-6H3,(H,39,40)/b27-19+/t18-,25?,26?,28?,29?/m1/s1. The lowest BCUT2D eigenvalue weighted by Crippen LogP contribution is -2.46. The molecule has 0 saturated carbocycles. The van der Waals surface area contributed by atoms with Gasteiger partial charge < -0.3 is 14.9 Å². The molecule has 9 heteroatoms. The highest BCUT2D eigenvalue weighted by molar-refractivity contribution is 6.30. The van der Waals surface area contributed by atoms with Gasteiger partial charge in [-0.25, -0.2) is 13.6 Å². The van der Waals surface area contributed by atoms with Crippen LogP contribution < -0.4 is 0 Å². The van der Waals surface area contributed by atoms with Crippen molar-refractivity contribution in [2.75, 3.05) is 7.05 Å². The highest BCUT2D eigenvalue weighted by atomic mass is 35.5. The van der Waals surface area contributed by atoms with Gasteiger partial charge in [0.15, 0.2) is 0 Å². The summed E-state index contributed by atoms with van der Waals surface area (Å²) in [6.07, 6.45) is 2.36. The number of nitrogens with zero attached hydrogens (tertiary/aromatic N) is 3. The van der Waals surface area contributed by atoms with Gasteiger partial charge in [0.05, 0.1) is 17.1 Å². The largest absolute Gasteiger partial charge is 0.480 e. The summed E-state index contributed by atoms with van der Waals surface area (Å²) in [5.74, 6) is -2.45. The molecule has 0 aliphatic carbocycles. The fourth-order valence-corrected chi connectivity index (χ4v) is 6.50. The Kier molecular flexibility index (Phi) is 8.71. The highest BCUT2D eigenvalue weighted by Crippen LogP contribution is 2.50. The van der Waals surface area contributed by atoms with E-state index < -0.39 is 30.0 Å². The number of aliphatic carboxylic acids is 1. The van der Waals surface area contributed by atoms with Gasteiger partial charge in [-0.2, -0.15) is 0 Å². The molecule has 0 bridgehead atoms. The molecule has 0 radical (unpaired) electrons. The van der Waals surface area contributed by atoms with Gasteiger partial charge >= 0.3 is 5.97 Å². The van der Waals surface area contributed by atoms with E-state index in [0.717, 1.165) is 5.56 Å². The van der Waals surface area contributed by atoms with Crippen molar-refractivity contribution in [3.63, 3.8) is 0 Å². The van der Waals surface area contributed by atoms with E-state index in [2.05, 4.69) is 16.4 Å². The van der Waals surface area contributed by atoms with Crippen LogP contribution in [0.1, 0.15) is 63.7 Å². The average Bonchev–Trinajstić information content (AvgIpc) is 3.43. The summed E-state index contributed by atoms with van der Waals surface area (Å²) < 4.78 is 28.8. The maximum atomic E-state index is 14.9. The van der Waals surface area contributed by atoms with Gasteiger partial charge in [-0.3, -0.25) is 9.69 Å². The van der Waals surface area contributed by atoms with Crippen LogP contribution in [0.5, 0.6) is 0 Å². The molecule has 214 valence electrons. The maximum Gasteiger partial charge on any atom is 0.326 e. The lowest BCUT2D eigenvalue weighted by Gasteiger charge is -2.38. The molecule has 2 aliphatic rings. The molecule has 40 heavy (non-hydrogen) atoms. The zero-order chi connectivity index (χ0) is 29.5. The second-order valence-corrected chi connectivity index (χ2v) is 11.4. The van der Waals surface area contributed by atoms with Gasteiger partial charge in [-0.1, -0.05) is 56.3 Å². The second kappa shape index (κ2) is 11.7. The van der Waals surface area contributed by atoms with Crippen LogP contribution in [0.2, 0.25) is 5.02 Å². The number of allylic oxidation sites excluding steroid dienone is 1. The first kappa shape index (κ1) is 29.7. The van der Waals surface area contributed by atoms with Gasteiger partial charge in [-0.05, 0) is 75.0 Å². The van der Waals surface area contributed by atoms with Crippen molar-refractivity contribution in [2.24, 2.45) is 5.92 Å². The summed E-state index contributed by atoms with van der Waals surface area (Å²) in [7, 11) is 1.91. The number of carbonyl (C=O) groups is 2. The van der Waals surface area contributed by atoms with E-state index in [1.807, 2.05) is 27.8 Å². The Morgan fingerprint density at radius 2 is 1.68 bits per heavy atom. The van der Waals surface area contributed by atoms with Crippen molar-refractivity contribution in [2.45, 2.75) is 70.9 Å². The monoisotopic (exact) mass is 571 g/mol. The van der Waals surface area contributed by atoms with E-state index in [0.29, 0.717) is 29.7 Å². The predicted molar refractivity (Wildman–Crippen MR) is 151 cm³/mol. The summed E-state index contributed by atoms with van der Waals surface area (Å²) in [4.78, 5) is 31.6. The van der Waals surface area contributed by atoms with Crippen molar-refractivity contribution in [3.8, 4) is 0 Å². The first-order valence-corrected chi connectivity index (χ1v) is 13.9. The molecular formula is C31H36ClF2N3O3. The van der Waals surface area contributed by atoms with Gasteiger partial charge in [0, 0.05) is 17.3 Å². The molecule has 0 spiro atoms. The van der Waals surface area contributed by atoms with E-state index in [4.69, 9.17) is 11.6 Å². The van der Waals surface area contributed by atoms with Crippen LogP contribution in [-0.4, -0.2) is 57.0 Å². The normalized spacial score (nSPS) is 25.9. The first-order valence-electron chi connectivity index (χ1n) is 13.5. The lowest BCUT2D eigenvalue weighted by atomic mass is 9.91. The van der Waals surface area contributed by atoms with E-state index in [-0.39, 0.29) is 34.7 Å². The maximum absolute atomic E-state index is 14.9. The van der Waals surface area contributed by atoms with Crippen LogP contribution in [0.15, 0.2) is 66.4 Å². The SMILES string of the molecule is C=CC1N(C)C(c2ccc(F)cc2)C(c2ccc(Cl)c(F)c2)N1/C(=C(\C)C(=O)N1C(C(=O)O)CC[C@H]1C)C(C)C. The highest BCUT2D eigenvalue weighted by Gasteiger charge is 2.48. The molecule has 1 amide bonds.